The smallest absolute Gasteiger partial charge is 0.0677 e. The zero-order valence-corrected chi connectivity index (χ0v) is 10.9. The Morgan fingerprint density at radius 2 is 1.18 bits per heavy atom. The Kier molecular flexibility index (Phi) is 2.67. The van der Waals surface area contributed by atoms with Crippen molar-refractivity contribution in [1.29, 1.82) is 0 Å². The van der Waals surface area contributed by atoms with E-state index in [-0.39, 0.29) is 0 Å². The minimum absolute atomic E-state index is 0.581. The van der Waals surface area contributed by atoms with E-state index in [4.69, 9.17) is 34.8 Å². The first-order chi connectivity index (χ1) is 8.18. The van der Waals surface area contributed by atoms with Crippen LogP contribution in [0.25, 0.3) is 21.5 Å². The summed E-state index contributed by atoms with van der Waals surface area (Å²) in [6, 6.07) is 13.6. The Labute approximate surface area is 114 Å². The summed E-state index contributed by atoms with van der Waals surface area (Å²) >= 11 is 18.6. The standard InChI is InChI=1S/C14H7Cl3/c15-8-5-6-11-12(7-8)9-3-1-2-4-10(9)13(16)14(11)17/h1-7H. The van der Waals surface area contributed by atoms with Gasteiger partial charge in [-0.1, -0.05) is 65.1 Å². The maximum absolute atomic E-state index is 6.28. The van der Waals surface area contributed by atoms with Crippen molar-refractivity contribution in [2.24, 2.45) is 0 Å². The third kappa shape index (κ3) is 1.68. The molecule has 0 aromatic heterocycles. The lowest BCUT2D eigenvalue weighted by Crippen LogP contribution is -1.82. The van der Waals surface area contributed by atoms with Gasteiger partial charge in [-0.15, -0.1) is 0 Å². The van der Waals surface area contributed by atoms with Gasteiger partial charge in [0.25, 0.3) is 0 Å². The highest BCUT2D eigenvalue weighted by molar-refractivity contribution is 6.49. The van der Waals surface area contributed by atoms with Gasteiger partial charge in [-0.3, -0.25) is 0 Å². The van der Waals surface area contributed by atoms with Gasteiger partial charge in [-0.25, -0.2) is 0 Å². The molecule has 0 heterocycles. The molecule has 3 aromatic carbocycles. The van der Waals surface area contributed by atoms with Gasteiger partial charge >= 0.3 is 0 Å². The molecule has 0 bridgehead atoms. The van der Waals surface area contributed by atoms with Gasteiger partial charge in [0.1, 0.15) is 0 Å². The summed E-state index contributed by atoms with van der Waals surface area (Å²) in [6.45, 7) is 0. The van der Waals surface area contributed by atoms with Crippen molar-refractivity contribution >= 4 is 56.3 Å². The molecule has 84 valence electrons. The van der Waals surface area contributed by atoms with Crippen molar-refractivity contribution in [3.05, 3.63) is 57.5 Å². The van der Waals surface area contributed by atoms with E-state index in [9.17, 15) is 0 Å². The quantitative estimate of drug-likeness (QED) is 0.446. The molecular formula is C14H7Cl3. The molecule has 0 aliphatic carbocycles. The first-order valence-corrected chi connectivity index (χ1v) is 6.27. The highest BCUT2D eigenvalue weighted by atomic mass is 35.5. The molecule has 0 fully saturated rings. The highest BCUT2D eigenvalue weighted by Crippen LogP contribution is 2.39. The summed E-state index contributed by atoms with van der Waals surface area (Å²) in [5, 5.41) is 5.85. The molecule has 0 saturated heterocycles. The molecule has 0 nitrogen and oxygen atoms in total. The summed E-state index contributed by atoms with van der Waals surface area (Å²) in [5.74, 6) is 0. The van der Waals surface area contributed by atoms with Gasteiger partial charge in [0.15, 0.2) is 0 Å². The second kappa shape index (κ2) is 4.06. The lowest BCUT2D eigenvalue weighted by Gasteiger charge is -2.09. The molecule has 0 unspecified atom stereocenters. The third-order valence-electron chi connectivity index (χ3n) is 2.86. The predicted molar refractivity (Wildman–Crippen MR) is 76.5 cm³/mol. The minimum atomic E-state index is 0.581. The van der Waals surface area contributed by atoms with Crippen LogP contribution in [0.3, 0.4) is 0 Å². The third-order valence-corrected chi connectivity index (χ3v) is 3.98. The van der Waals surface area contributed by atoms with E-state index in [0.717, 1.165) is 21.5 Å². The number of rotatable bonds is 0. The van der Waals surface area contributed by atoms with Crippen LogP contribution in [0.2, 0.25) is 15.1 Å². The zero-order chi connectivity index (χ0) is 12.0. The summed E-state index contributed by atoms with van der Waals surface area (Å²) in [4.78, 5) is 0. The van der Waals surface area contributed by atoms with Crippen molar-refractivity contribution in [2.75, 3.05) is 0 Å². The van der Waals surface area contributed by atoms with Crippen molar-refractivity contribution in [2.45, 2.75) is 0 Å². The fraction of sp³-hybridized carbons (Fsp3) is 0. The first kappa shape index (κ1) is 11.2. The lowest BCUT2D eigenvalue weighted by atomic mass is 10.0. The monoisotopic (exact) mass is 280 g/mol. The summed E-state index contributed by atoms with van der Waals surface area (Å²) in [5.41, 5.74) is 0. The van der Waals surface area contributed by atoms with Crippen LogP contribution in [-0.4, -0.2) is 0 Å². The number of benzene rings is 3. The summed E-state index contributed by atoms with van der Waals surface area (Å²) in [7, 11) is 0. The van der Waals surface area contributed by atoms with E-state index in [0.29, 0.717) is 15.1 Å². The molecule has 17 heavy (non-hydrogen) atoms. The molecule has 0 saturated carbocycles. The van der Waals surface area contributed by atoms with E-state index in [1.165, 1.54) is 0 Å². The second-order valence-corrected chi connectivity index (χ2v) is 5.06. The van der Waals surface area contributed by atoms with Crippen LogP contribution < -0.4 is 0 Å². The number of hydrogen-bond donors (Lipinski definition) is 0. The zero-order valence-electron chi connectivity index (χ0n) is 8.68. The van der Waals surface area contributed by atoms with E-state index in [1.54, 1.807) is 0 Å². The highest BCUT2D eigenvalue weighted by Gasteiger charge is 2.10. The molecule has 0 amide bonds. The average Bonchev–Trinajstić information content (AvgIpc) is 2.36. The van der Waals surface area contributed by atoms with E-state index in [1.807, 2.05) is 42.5 Å². The van der Waals surface area contributed by atoms with Crippen LogP contribution in [-0.2, 0) is 0 Å². The molecule has 3 aromatic rings. The molecule has 0 N–H and O–H groups in total. The molecule has 0 spiro atoms. The van der Waals surface area contributed by atoms with Gasteiger partial charge in [-0.2, -0.15) is 0 Å². The van der Waals surface area contributed by atoms with Crippen LogP contribution in [0, 0.1) is 0 Å². The van der Waals surface area contributed by atoms with Crippen LogP contribution in [0.1, 0.15) is 0 Å². The molecule has 0 aliphatic rings. The van der Waals surface area contributed by atoms with Gasteiger partial charge in [0.05, 0.1) is 10.0 Å². The topological polar surface area (TPSA) is 0 Å². The van der Waals surface area contributed by atoms with Crippen LogP contribution in [0.5, 0.6) is 0 Å². The lowest BCUT2D eigenvalue weighted by molar-refractivity contribution is 1.76. The molecule has 3 heteroatoms. The largest absolute Gasteiger partial charge is 0.0843 e. The number of fused-ring (bicyclic) bond motifs is 3. The van der Waals surface area contributed by atoms with Crippen molar-refractivity contribution in [1.82, 2.24) is 0 Å². The van der Waals surface area contributed by atoms with E-state index < -0.39 is 0 Å². The summed E-state index contributed by atoms with van der Waals surface area (Å²) < 4.78 is 0. The van der Waals surface area contributed by atoms with Gasteiger partial charge in [0.2, 0.25) is 0 Å². The maximum atomic E-state index is 6.28. The maximum Gasteiger partial charge on any atom is 0.0677 e. The van der Waals surface area contributed by atoms with Crippen molar-refractivity contribution < 1.29 is 0 Å². The SMILES string of the molecule is Clc1ccc2c(Cl)c(Cl)c3ccccc3c2c1. The normalized spacial score (nSPS) is 11.2. The fourth-order valence-electron chi connectivity index (χ4n) is 2.08. The van der Waals surface area contributed by atoms with Crippen molar-refractivity contribution in [3.63, 3.8) is 0 Å². The Morgan fingerprint density at radius 1 is 0.588 bits per heavy atom. The molecular weight excluding hydrogens is 275 g/mol. The summed E-state index contributed by atoms with van der Waals surface area (Å²) in [6.07, 6.45) is 0. The second-order valence-electron chi connectivity index (χ2n) is 3.86. The average molecular weight is 282 g/mol. The van der Waals surface area contributed by atoms with E-state index >= 15 is 0 Å². The first-order valence-electron chi connectivity index (χ1n) is 5.13. The Morgan fingerprint density at radius 3 is 1.88 bits per heavy atom. The molecule has 0 radical (unpaired) electrons. The van der Waals surface area contributed by atoms with Crippen LogP contribution in [0.4, 0.5) is 0 Å². The number of hydrogen-bond acceptors (Lipinski definition) is 0. The van der Waals surface area contributed by atoms with Gasteiger partial charge < -0.3 is 0 Å². The predicted octanol–water partition coefficient (Wildman–Crippen LogP) is 5.95. The van der Waals surface area contributed by atoms with Crippen LogP contribution >= 0.6 is 34.8 Å². The fourth-order valence-corrected chi connectivity index (χ4v) is 2.78. The number of halogens is 3. The Bertz CT molecular complexity index is 732. The van der Waals surface area contributed by atoms with E-state index in [2.05, 4.69) is 0 Å². The van der Waals surface area contributed by atoms with Crippen molar-refractivity contribution in [3.8, 4) is 0 Å². The molecule has 3 rings (SSSR count). The van der Waals surface area contributed by atoms with Gasteiger partial charge in [0, 0.05) is 15.8 Å². The van der Waals surface area contributed by atoms with Crippen LogP contribution in [0.15, 0.2) is 42.5 Å². The van der Waals surface area contributed by atoms with Gasteiger partial charge in [-0.05, 0) is 22.9 Å². The Balaban J connectivity index is 2.66. The minimum Gasteiger partial charge on any atom is -0.0843 e. The molecule has 0 aliphatic heterocycles. The Hall–Kier alpha value is -0.950. The molecule has 0 atom stereocenters.